The van der Waals surface area contributed by atoms with Gasteiger partial charge in [-0.1, -0.05) is 274 Å². The fourth-order valence-corrected chi connectivity index (χ4v) is 9.54. The van der Waals surface area contributed by atoms with Gasteiger partial charge in [0.25, 0.3) is 0 Å². The van der Waals surface area contributed by atoms with Crippen molar-refractivity contribution in [2.45, 2.75) is 341 Å². The molecule has 0 saturated carbocycles. The summed E-state index contributed by atoms with van der Waals surface area (Å²) in [5.41, 5.74) is 0. The molecule has 6 heteroatoms. The maximum Gasteiger partial charge on any atom is 0.305 e. The molecule has 3 N–H and O–H groups in total. The normalized spacial score (nSPS) is 12.9. The van der Waals surface area contributed by atoms with Crippen LogP contribution in [0.2, 0.25) is 0 Å². The Morgan fingerprint density at radius 3 is 1.18 bits per heavy atom. The Kier molecular flexibility index (Phi) is 58.5. The van der Waals surface area contributed by atoms with E-state index in [4.69, 9.17) is 4.74 Å². The molecule has 6 nitrogen and oxygen atoms in total. The average molecular weight is 997 g/mol. The van der Waals surface area contributed by atoms with Gasteiger partial charge < -0.3 is 20.3 Å². The zero-order valence-corrected chi connectivity index (χ0v) is 47.5. The molecule has 0 bridgehead atoms. The van der Waals surface area contributed by atoms with Crippen LogP contribution in [0, 0.1) is 0 Å². The Labute approximate surface area is 442 Å². The number of carbonyl (C=O) groups excluding carboxylic acids is 2. The highest BCUT2D eigenvalue weighted by Gasteiger charge is 2.20. The van der Waals surface area contributed by atoms with Crippen LogP contribution in [-0.2, 0) is 14.3 Å². The zero-order valence-electron chi connectivity index (χ0n) is 47.5. The van der Waals surface area contributed by atoms with E-state index in [9.17, 15) is 19.8 Å². The molecule has 0 saturated heterocycles. The third-order valence-corrected chi connectivity index (χ3v) is 14.4. The number of hydrogen-bond acceptors (Lipinski definition) is 5. The summed E-state index contributed by atoms with van der Waals surface area (Å²) in [5.74, 6) is -0.0848. The van der Waals surface area contributed by atoms with E-state index in [-0.39, 0.29) is 18.5 Å². The number of unbranched alkanes of at least 4 members (excludes halogenated alkanes) is 40. The van der Waals surface area contributed by atoms with Crippen LogP contribution < -0.4 is 5.32 Å². The summed E-state index contributed by atoms with van der Waals surface area (Å²) in [4.78, 5) is 24.6. The van der Waals surface area contributed by atoms with Crippen LogP contribution in [0.3, 0.4) is 0 Å². The second-order valence-electron chi connectivity index (χ2n) is 21.4. The van der Waals surface area contributed by atoms with Crippen molar-refractivity contribution < 1.29 is 24.5 Å². The first kappa shape index (κ1) is 68.8. The predicted molar refractivity (Wildman–Crippen MR) is 310 cm³/mol. The number of aliphatic hydroxyl groups is 2. The van der Waals surface area contributed by atoms with Crippen LogP contribution in [0.4, 0.5) is 0 Å². The molecule has 416 valence electrons. The van der Waals surface area contributed by atoms with E-state index in [1.54, 1.807) is 0 Å². The van der Waals surface area contributed by atoms with Crippen molar-refractivity contribution in [2.75, 3.05) is 13.2 Å². The molecule has 0 fully saturated rings. The average Bonchev–Trinajstić information content (AvgIpc) is 3.37. The van der Waals surface area contributed by atoms with Gasteiger partial charge in [-0.15, -0.1) is 0 Å². The Morgan fingerprint density at radius 2 is 0.746 bits per heavy atom. The van der Waals surface area contributed by atoms with Crippen LogP contribution in [0.5, 0.6) is 0 Å². The van der Waals surface area contributed by atoms with Crippen molar-refractivity contribution in [3.8, 4) is 0 Å². The van der Waals surface area contributed by atoms with Gasteiger partial charge >= 0.3 is 5.97 Å². The number of ether oxygens (including phenoxy) is 1. The van der Waals surface area contributed by atoms with E-state index in [2.05, 4.69) is 67.8 Å². The molecule has 0 aliphatic carbocycles. The highest BCUT2D eigenvalue weighted by Crippen LogP contribution is 2.17. The number of carbonyl (C=O) groups is 2. The summed E-state index contributed by atoms with van der Waals surface area (Å²) in [5, 5.41) is 23.4. The van der Waals surface area contributed by atoms with E-state index in [1.165, 1.54) is 212 Å². The smallest absolute Gasteiger partial charge is 0.305 e. The van der Waals surface area contributed by atoms with Gasteiger partial charge in [0.15, 0.2) is 0 Å². The molecular weight excluding hydrogens is 875 g/mol. The first-order valence-electron chi connectivity index (χ1n) is 31.4. The molecule has 0 aliphatic rings. The number of hydrogen-bond donors (Lipinski definition) is 3. The van der Waals surface area contributed by atoms with Crippen LogP contribution >= 0.6 is 0 Å². The van der Waals surface area contributed by atoms with Crippen LogP contribution in [0.15, 0.2) is 48.6 Å². The Balaban J connectivity index is 3.51. The fourth-order valence-electron chi connectivity index (χ4n) is 9.54. The molecule has 0 aromatic rings. The van der Waals surface area contributed by atoms with Gasteiger partial charge in [0.05, 0.1) is 25.4 Å². The van der Waals surface area contributed by atoms with Crippen molar-refractivity contribution in [2.24, 2.45) is 0 Å². The first-order valence-corrected chi connectivity index (χ1v) is 31.4. The minimum Gasteiger partial charge on any atom is -0.466 e. The van der Waals surface area contributed by atoms with Crippen molar-refractivity contribution in [3.63, 3.8) is 0 Å². The number of allylic oxidation sites excluding steroid dienone is 8. The Morgan fingerprint density at radius 1 is 0.408 bits per heavy atom. The van der Waals surface area contributed by atoms with E-state index >= 15 is 0 Å². The molecule has 0 heterocycles. The van der Waals surface area contributed by atoms with Gasteiger partial charge in [-0.25, -0.2) is 0 Å². The van der Waals surface area contributed by atoms with Gasteiger partial charge in [-0.3, -0.25) is 9.59 Å². The zero-order chi connectivity index (χ0) is 51.4. The summed E-state index contributed by atoms with van der Waals surface area (Å²) in [6.07, 6.45) is 76.9. The number of aliphatic hydroxyl groups excluding tert-OH is 2. The minimum atomic E-state index is -0.681. The van der Waals surface area contributed by atoms with Crippen molar-refractivity contribution in [3.05, 3.63) is 48.6 Å². The Hall–Kier alpha value is -2.18. The topological polar surface area (TPSA) is 95.9 Å². The molecule has 71 heavy (non-hydrogen) atoms. The summed E-state index contributed by atoms with van der Waals surface area (Å²) < 4.78 is 5.46. The summed E-state index contributed by atoms with van der Waals surface area (Å²) >= 11 is 0. The summed E-state index contributed by atoms with van der Waals surface area (Å²) in [6, 6.07) is -0.561. The molecule has 0 aliphatic heterocycles. The lowest BCUT2D eigenvalue weighted by Crippen LogP contribution is -2.45. The highest BCUT2D eigenvalue weighted by atomic mass is 16.5. The van der Waals surface area contributed by atoms with Gasteiger partial charge in [0.1, 0.15) is 0 Å². The quantitative estimate of drug-likeness (QED) is 0.0244. The SMILES string of the molecule is CCCCC/C=C\C/C=C\CCCCCCCCCC(=O)OCCCCC/C=C\C=C/CCCCCCCCC(=O)NC(CO)C(O)CCCCCCCCCCCCCCCCCCCCCCCC. The van der Waals surface area contributed by atoms with Crippen molar-refractivity contribution >= 4 is 11.9 Å². The number of rotatable bonds is 58. The van der Waals surface area contributed by atoms with Gasteiger partial charge in [0.2, 0.25) is 5.91 Å². The highest BCUT2D eigenvalue weighted by molar-refractivity contribution is 5.76. The van der Waals surface area contributed by atoms with Crippen molar-refractivity contribution in [1.29, 1.82) is 0 Å². The molecular formula is C65H121NO5. The maximum atomic E-state index is 12.5. The number of esters is 1. The third kappa shape index (κ3) is 57.0. The molecule has 0 radical (unpaired) electrons. The molecule has 2 atom stereocenters. The van der Waals surface area contributed by atoms with Gasteiger partial charge in [-0.05, 0) is 89.9 Å². The molecule has 2 unspecified atom stereocenters. The van der Waals surface area contributed by atoms with Crippen LogP contribution in [0.25, 0.3) is 0 Å². The standard InChI is InChI=1S/C65H121NO5/c1-3-5-7-9-11-13-15-17-19-21-22-23-24-25-27-29-33-37-41-45-49-53-57-63(68)62(61-67)66-64(69)58-54-50-46-42-38-34-30-28-32-36-40-44-48-52-56-60-71-65(70)59-55-51-47-43-39-35-31-26-20-18-16-14-12-10-8-6-4-2/h12,14,18,20,28,32,36,40,62-63,67-68H,3-11,13,15-17,19,21-27,29-31,33-35,37-39,41-61H2,1-2H3,(H,66,69)/b14-12-,20-18-,32-28-,40-36-. The number of nitrogens with one attached hydrogen (secondary N) is 1. The Bertz CT molecular complexity index is 1190. The number of amides is 1. The molecule has 0 spiro atoms. The second-order valence-corrected chi connectivity index (χ2v) is 21.4. The van der Waals surface area contributed by atoms with Crippen LogP contribution in [-0.4, -0.2) is 47.4 Å². The fraction of sp³-hybridized carbons (Fsp3) is 0.846. The van der Waals surface area contributed by atoms with E-state index in [0.29, 0.717) is 25.9 Å². The lowest BCUT2D eigenvalue weighted by molar-refractivity contribution is -0.143. The predicted octanol–water partition coefficient (Wildman–Crippen LogP) is 19.7. The van der Waals surface area contributed by atoms with Gasteiger partial charge in [-0.2, -0.15) is 0 Å². The molecule has 0 aromatic heterocycles. The first-order chi connectivity index (χ1) is 35.0. The lowest BCUT2D eigenvalue weighted by Gasteiger charge is -2.22. The van der Waals surface area contributed by atoms with E-state index in [1.807, 2.05) is 0 Å². The van der Waals surface area contributed by atoms with Gasteiger partial charge in [0, 0.05) is 12.8 Å². The lowest BCUT2D eigenvalue weighted by atomic mass is 10.0. The second kappa shape index (κ2) is 60.4. The van der Waals surface area contributed by atoms with Crippen LogP contribution in [0.1, 0.15) is 328 Å². The van der Waals surface area contributed by atoms with E-state index in [0.717, 1.165) is 83.5 Å². The summed E-state index contributed by atoms with van der Waals surface area (Å²) in [6.45, 7) is 4.88. The van der Waals surface area contributed by atoms with Crippen molar-refractivity contribution in [1.82, 2.24) is 5.32 Å². The third-order valence-electron chi connectivity index (χ3n) is 14.4. The monoisotopic (exact) mass is 996 g/mol. The maximum absolute atomic E-state index is 12.5. The molecule has 0 aromatic carbocycles. The molecule has 1 amide bonds. The molecule has 0 rings (SSSR count). The largest absolute Gasteiger partial charge is 0.466 e. The minimum absolute atomic E-state index is 0.0291. The van der Waals surface area contributed by atoms with E-state index < -0.39 is 12.1 Å². The summed E-state index contributed by atoms with van der Waals surface area (Å²) in [7, 11) is 0.